The molecule has 108 valence electrons. The third-order valence-electron chi connectivity index (χ3n) is 3.36. The van der Waals surface area contributed by atoms with E-state index in [0.29, 0.717) is 6.54 Å². The van der Waals surface area contributed by atoms with Crippen LogP contribution in [0.5, 0.6) is 0 Å². The Labute approximate surface area is 122 Å². The Morgan fingerprint density at radius 2 is 2.16 bits per heavy atom. The number of carbonyl (C=O) groups is 1. The first-order valence-electron chi connectivity index (χ1n) is 6.68. The van der Waals surface area contributed by atoms with E-state index in [4.69, 9.17) is 9.57 Å². The Bertz CT molecular complexity index is 392. The molecule has 1 saturated heterocycles. The van der Waals surface area contributed by atoms with Crippen molar-refractivity contribution in [3.63, 3.8) is 0 Å². The van der Waals surface area contributed by atoms with Crippen molar-refractivity contribution >= 4 is 26.6 Å². The molecule has 0 aromatic heterocycles. The van der Waals surface area contributed by atoms with Gasteiger partial charge in [-0.1, -0.05) is 5.16 Å². The average molecular weight is 333 g/mol. The molecule has 2 rings (SSSR count). The Morgan fingerprint density at radius 1 is 1.42 bits per heavy atom. The van der Waals surface area contributed by atoms with Crippen molar-refractivity contribution in [2.75, 3.05) is 13.1 Å². The molecule has 1 fully saturated rings. The summed E-state index contributed by atoms with van der Waals surface area (Å²) in [7, 11) is 0. The maximum atomic E-state index is 12.1. The predicted octanol–water partition coefficient (Wildman–Crippen LogP) is 3.27. The molecule has 0 aromatic rings. The molecular formula is C13H21BrN2O3. The zero-order valence-corrected chi connectivity index (χ0v) is 13.3. The van der Waals surface area contributed by atoms with Gasteiger partial charge in [0.1, 0.15) is 15.8 Å². The van der Waals surface area contributed by atoms with Crippen LogP contribution in [0.1, 0.15) is 46.5 Å². The second-order valence-electron chi connectivity index (χ2n) is 6.24. The summed E-state index contributed by atoms with van der Waals surface area (Å²) in [5.74, 6) is 0. The van der Waals surface area contributed by atoms with Gasteiger partial charge >= 0.3 is 6.09 Å². The molecule has 0 bridgehead atoms. The number of likely N-dealkylation sites (tertiary alicyclic amines) is 1. The zero-order valence-electron chi connectivity index (χ0n) is 11.7. The molecule has 0 radical (unpaired) electrons. The molecule has 1 atom stereocenters. The summed E-state index contributed by atoms with van der Waals surface area (Å²) in [5, 5.41) is 3.98. The minimum absolute atomic E-state index is 0.227. The van der Waals surface area contributed by atoms with Gasteiger partial charge in [-0.15, -0.1) is 0 Å². The van der Waals surface area contributed by atoms with Crippen LogP contribution < -0.4 is 0 Å². The van der Waals surface area contributed by atoms with Crippen LogP contribution in [0.15, 0.2) is 5.16 Å². The van der Waals surface area contributed by atoms with E-state index in [1.165, 1.54) is 0 Å². The Kier molecular flexibility index (Phi) is 4.08. The molecule has 0 aliphatic carbocycles. The van der Waals surface area contributed by atoms with E-state index >= 15 is 0 Å². The molecule has 0 N–H and O–H groups in total. The van der Waals surface area contributed by atoms with Gasteiger partial charge in [0.15, 0.2) is 0 Å². The minimum Gasteiger partial charge on any atom is -0.444 e. The van der Waals surface area contributed by atoms with Crippen LogP contribution in [0.3, 0.4) is 0 Å². The molecule has 0 aromatic carbocycles. The molecule has 2 aliphatic rings. The summed E-state index contributed by atoms with van der Waals surface area (Å²) in [6.07, 6.45) is 3.20. The topological polar surface area (TPSA) is 51.1 Å². The second-order valence-corrected chi connectivity index (χ2v) is 7.15. The lowest BCUT2D eigenvalue weighted by atomic mass is 9.92. The lowest BCUT2D eigenvalue weighted by Crippen LogP contribution is -2.38. The predicted molar refractivity (Wildman–Crippen MR) is 76.5 cm³/mol. The molecule has 19 heavy (non-hydrogen) atoms. The second kappa shape index (κ2) is 5.31. The van der Waals surface area contributed by atoms with Crippen molar-refractivity contribution < 1.29 is 14.4 Å². The molecule has 0 unspecified atom stereocenters. The number of amides is 1. The van der Waals surface area contributed by atoms with Gasteiger partial charge in [0.25, 0.3) is 0 Å². The van der Waals surface area contributed by atoms with Crippen molar-refractivity contribution in [3.8, 4) is 0 Å². The highest BCUT2D eigenvalue weighted by Crippen LogP contribution is 2.36. The van der Waals surface area contributed by atoms with Gasteiger partial charge < -0.3 is 14.5 Å². The highest BCUT2D eigenvalue weighted by molar-refractivity contribution is 9.18. The highest BCUT2D eigenvalue weighted by atomic mass is 79.9. The zero-order chi connectivity index (χ0) is 14.1. The van der Waals surface area contributed by atoms with E-state index in [9.17, 15) is 4.79 Å². The van der Waals surface area contributed by atoms with Gasteiger partial charge in [0, 0.05) is 25.9 Å². The number of nitrogens with zero attached hydrogens (tertiary/aromatic N) is 2. The molecular weight excluding hydrogens is 312 g/mol. The average Bonchev–Trinajstić information content (AvgIpc) is 2.52. The number of halogens is 1. The van der Waals surface area contributed by atoms with Gasteiger partial charge in [0.2, 0.25) is 0 Å². The monoisotopic (exact) mass is 332 g/mol. The summed E-state index contributed by atoms with van der Waals surface area (Å²) >= 11 is 3.38. The van der Waals surface area contributed by atoms with Crippen molar-refractivity contribution in [2.24, 2.45) is 5.16 Å². The van der Waals surface area contributed by atoms with Crippen LogP contribution in [-0.4, -0.2) is 39.9 Å². The third-order valence-corrected chi connectivity index (χ3v) is 3.78. The summed E-state index contributed by atoms with van der Waals surface area (Å²) in [6.45, 7) is 7.03. The number of rotatable bonds is 0. The number of oxime groups is 1. The molecule has 2 aliphatic heterocycles. The van der Waals surface area contributed by atoms with E-state index in [1.54, 1.807) is 4.90 Å². The van der Waals surface area contributed by atoms with Crippen LogP contribution in [0.2, 0.25) is 0 Å². The number of carbonyl (C=O) groups excluding carboxylic acids is 1. The van der Waals surface area contributed by atoms with Gasteiger partial charge in [-0.3, -0.25) is 0 Å². The Morgan fingerprint density at radius 3 is 2.74 bits per heavy atom. The van der Waals surface area contributed by atoms with Crippen LogP contribution in [0.4, 0.5) is 4.79 Å². The minimum atomic E-state index is -0.447. The third kappa shape index (κ3) is 3.84. The number of hydrogen-bond donors (Lipinski definition) is 0. The number of ether oxygens (including phenoxy) is 1. The van der Waals surface area contributed by atoms with Crippen molar-refractivity contribution in [3.05, 3.63) is 0 Å². The fourth-order valence-electron chi connectivity index (χ4n) is 2.42. The largest absolute Gasteiger partial charge is 0.444 e. The molecule has 0 saturated carbocycles. The van der Waals surface area contributed by atoms with Gasteiger partial charge in [-0.2, -0.15) is 0 Å². The molecule has 5 nitrogen and oxygen atoms in total. The van der Waals surface area contributed by atoms with Crippen LogP contribution in [0.25, 0.3) is 0 Å². The fraction of sp³-hybridized carbons (Fsp3) is 0.846. The lowest BCUT2D eigenvalue weighted by molar-refractivity contribution is -0.0298. The van der Waals surface area contributed by atoms with Crippen LogP contribution in [-0.2, 0) is 9.57 Å². The van der Waals surface area contributed by atoms with Crippen molar-refractivity contribution in [2.45, 2.75) is 57.7 Å². The quantitative estimate of drug-likeness (QED) is 0.684. The molecule has 1 amide bonds. The van der Waals surface area contributed by atoms with E-state index in [0.717, 1.165) is 36.8 Å². The van der Waals surface area contributed by atoms with Gasteiger partial charge in [-0.25, -0.2) is 4.79 Å². The number of hydrogen-bond acceptors (Lipinski definition) is 4. The standard InChI is InChI=1S/C13H21BrN2O3/c1-12(2,3)18-11(17)16-7-4-5-13(6-8-16)9-10(14)15-19-13/h4-9H2,1-3H3/t13-/m1/s1. The summed E-state index contributed by atoms with van der Waals surface area (Å²) < 4.78 is 6.27. The van der Waals surface area contributed by atoms with Gasteiger partial charge in [-0.05, 0) is 49.5 Å². The fourth-order valence-corrected chi connectivity index (χ4v) is 3.00. The van der Waals surface area contributed by atoms with E-state index in [1.807, 2.05) is 20.8 Å². The summed E-state index contributed by atoms with van der Waals surface area (Å²) in [5.41, 5.74) is -0.674. The van der Waals surface area contributed by atoms with Gasteiger partial charge in [0.05, 0.1) is 0 Å². The first kappa shape index (κ1) is 14.6. The maximum Gasteiger partial charge on any atom is 0.410 e. The van der Waals surface area contributed by atoms with E-state index in [2.05, 4.69) is 21.1 Å². The van der Waals surface area contributed by atoms with Crippen molar-refractivity contribution in [1.29, 1.82) is 0 Å². The highest BCUT2D eigenvalue weighted by Gasteiger charge is 2.40. The molecule has 2 heterocycles. The smallest absolute Gasteiger partial charge is 0.410 e. The van der Waals surface area contributed by atoms with E-state index < -0.39 is 5.60 Å². The SMILES string of the molecule is CC(C)(C)OC(=O)N1CCC[C@@]2(CC1)CC(Br)=NO2. The summed E-state index contributed by atoms with van der Waals surface area (Å²) in [6, 6.07) is 0. The maximum absolute atomic E-state index is 12.1. The Hall–Kier alpha value is -0.780. The first-order valence-corrected chi connectivity index (χ1v) is 7.47. The summed E-state index contributed by atoms with van der Waals surface area (Å²) in [4.78, 5) is 19.4. The first-order chi connectivity index (χ1) is 8.80. The Balaban J connectivity index is 1.92. The van der Waals surface area contributed by atoms with Crippen molar-refractivity contribution in [1.82, 2.24) is 4.90 Å². The van der Waals surface area contributed by atoms with Crippen LogP contribution >= 0.6 is 15.9 Å². The lowest BCUT2D eigenvalue weighted by Gasteiger charge is -2.27. The normalized spacial score (nSPS) is 27.8. The van der Waals surface area contributed by atoms with E-state index in [-0.39, 0.29) is 11.7 Å². The van der Waals surface area contributed by atoms with Crippen LogP contribution in [0, 0.1) is 0 Å². The molecule has 1 spiro atoms. The molecule has 6 heteroatoms.